The molecule has 1 aromatic rings. The van der Waals surface area contributed by atoms with Gasteiger partial charge >= 0.3 is 0 Å². The van der Waals surface area contributed by atoms with Gasteiger partial charge in [-0.15, -0.1) is 6.58 Å². The van der Waals surface area contributed by atoms with Crippen LogP contribution in [-0.4, -0.2) is 24.5 Å². The molecule has 1 nitrogen and oxygen atoms in total. The van der Waals surface area contributed by atoms with Gasteiger partial charge in [-0.05, 0) is 24.3 Å². The maximum absolute atomic E-state index is 3.88. The highest BCUT2D eigenvalue weighted by molar-refractivity contribution is 5.32. The van der Waals surface area contributed by atoms with E-state index >= 15 is 0 Å². The van der Waals surface area contributed by atoms with Crippen LogP contribution in [0.4, 0.5) is 0 Å². The lowest BCUT2D eigenvalue weighted by Crippen LogP contribution is -2.36. The molecule has 1 saturated heterocycles. The summed E-state index contributed by atoms with van der Waals surface area (Å²) in [5.41, 5.74) is 1.87. The zero-order chi connectivity index (χ0) is 12.4. The maximum Gasteiger partial charge on any atom is 0.0161 e. The Balaban J connectivity index is 1.95. The van der Waals surface area contributed by atoms with Crippen molar-refractivity contribution in [2.75, 3.05) is 19.6 Å². The number of hydrogen-bond donors (Lipinski definition) is 0. The Bertz CT molecular complexity index is 448. The highest BCUT2D eigenvalue weighted by atomic mass is 15.2. The van der Waals surface area contributed by atoms with Crippen molar-refractivity contribution in [3.8, 4) is 0 Å². The number of allylic oxidation sites excluding steroid dienone is 2. The molecule has 1 aliphatic carbocycles. The molecule has 0 spiro atoms. The molecule has 0 N–H and O–H groups in total. The third kappa shape index (κ3) is 1.83. The van der Waals surface area contributed by atoms with Crippen molar-refractivity contribution in [2.24, 2.45) is 5.92 Å². The fourth-order valence-corrected chi connectivity index (χ4v) is 3.70. The molecule has 0 bridgehead atoms. The minimum Gasteiger partial charge on any atom is -0.298 e. The van der Waals surface area contributed by atoms with Crippen LogP contribution in [0, 0.1) is 5.92 Å². The van der Waals surface area contributed by atoms with Crippen LogP contribution in [0.2, 0.25) is 0 Å². The van der Waals surface area contributed by atoms with Crippen molar-refractivity contribution >= 4 is 0 Å². The predicted octanol–water partition coefficient (Wildman–Crippen LogP) is 3.39. The van der Waals surface area contributed by atoms with Gasteiger partial charge in [0.2, 0.25) is 0 Å². The minimum absolute atomic E-state index is 0.346. The van der Waals surface area contributed by atoms with Gasteiger partial charge in [0.05, 0.1) is 0 Å². The van der Waals surface area contributed by atoms with Crippen LogP contribution in [0.1, 0.15) is 18.4 Å². The van der Waals surface area contributed by atoms with Gasteiger partial charge in [0.1, 0.15) is 0 Å². The molecule has 94 valence electrons. The summed E-state index contributed by atoms with van der Waals surface area (Å²) in [6, 6.07) is 11.1. The molecule has 0 saturated carbocycles. The van der Waals surface area contributed by atoms with Crippen molar-refractivity contribution in [1.82, 2.24) is 4.90 Å². The molecule has 18 heavy (non-hydrogen) atoms. The summed E-state index contributed by atoms with van der Waals surface area (Å²) in [6.07, 6.45) is 9.19. The number of benzene rings is 1. The van der Waals surface area contributed by atoms with Crippen LogP contribution >= 0.6 is 0 Å². The predicted molar refractivity (Wildman–Crippen MR) is 76.6 cm³/mol. The lowest BCUT2D eigenvalue weighted by Gasteiger charge is -2.36. The Morgan fingerprint density at radius 1 is 1.28 bits per heavy atom. The standard InChI is InChI=1S/C17H21N/c1-2-12-18-13-16-10-6-7-11-17(16,14-18)15-8-4-3-5-9-15/h2-9,16H,1,10-14H2/t16-,17+/m1/s1. The first-order valence-corrected chi connectivity index (χ1v) is 6.89. The molecule has 2 aliphatic rings. The zero-order valence-corrected chi connectivity index (χ0v) is 10.9. The van der Waals surface area contributed by atoms with Crippen molar-refractivity contribution < 1.29 is 0 Å². The highest BCUT2D eigenvalue weighted by Crippen LogP contribution is 2.46. The van der Waals surface area contributed by atoms with E-state index in [9.17, 15) is 0 Å². The molecule has 3 rings (SSSR count). The van der Waals surface area contributed by atoms with Crippen LogP contribution in [0.3, 0.4) is 0 Å². The van der Waals surface area contributed by atoms with E-state index in [-0.39, 0.29) is 0 Å². The van der Waals surface area contributed by atoms with E-state index in [1.807, 2.05) is 6.08 Å². The van der Waals surface area contributed by atoms with Gasteiger partial charge in [0, 0.05) is 25.0 Å². The van der Waals surface area contributed by atoms with Crippen molar-refractivity contribution in [2.45, 2.75) is 18.3 Å². The number of hydrogen-bond acceptors (Lipinski definition) is 1. The average molecular weight is 239 g/mol. The first-order chi connectivity index (χ1) is 8.85. The molecule has 1 fully saturated rings. The van der Waals surface area contributed by atoms with Gasteiger partial charge in [-0.3, -0.25) is 4.90 Å². The molecule has 1 aliphatic heterocycles. The van der Waals surface area contributed by atoms with E-state index in [1.165, 1.54) is 31.5 Å². The molecular formula is C17H21N. The van der Waals surface area contributed by atoms with Crippen LogP contribution in [0.5, 0.6) is 0 Å². The van der Waals surface area contributed by atoms with Crippen LogP contribution in [0.15, 0.2) is 55.1 Å². The topological polar surface area (TPSA) is 3.24 Å². The number of likely N-dealkylation sites (tertiary alicyclic amines) is 1. The summed E-state index contributed by atoms with van der Waals surface area (Å²) in [5.74, 6) is 0.768. The van der Waals surface area contributed by atoms with E-state index in [2.05, 4.69) is 54.0 Å². The average Bonchev–Trinajstić information content (AvgIpc) is 2.79. The molecule has 1 heteroatoms. The molecule has 0 radical (unpaired) electrons. The van der Waals surface area contributed by atoms with E-state index in [1.54, 1.807) is 0 Å². The second-order valence-electron chi connectivity index (χ2n) is 5.61. The van der Waals surface area contributed by atoms with Crippen LogP contribution in [0.25, 0.3) is 0 Å². The number of nitrogens with zero attached hydrogens (tertiary/aromatic N) is 1. The normalized spacial score (nSPS) is 31.2. The Morgan fingerprint density at radius 2 is 2.11 bits per heavy atom. The second kappa shape index (κ2) is 4.74. The Labute approximate surface area is 110 Å². The number of rotatable bonds is 3. The lowest BCUT2D eigenvalue weighted by atomic mass is 9.67. The summed E-state index contributed by atoms with van der Waals surface area (Å²) in [5, 5.41) is 0. The highest BCUT2D eigenvalue weighted by Gasteiger charge is 2.46. The summed E-state index contributed by atoms with van der Waals surface area (Å²) < 4.78 is 0. The summed E-state index contributed by atoms with van der Waals surface area (Å²) in [7, 11) is 0. The minimum atomic E-state index is 0.346. The van der Waals surface area contributed by atoms with Gasteiger partial charge in [-0.1, -0.05) is 48.6 Å². The molecule has 1 aromatic carbocycles. The largest absolute Gasteiger partial charge is 0.298 e. The Kier molecular flexibility index (Phi) is 3.09. The monoisotopic (exact) mass is 239 g/mol. The van der Waals surface area contributed by atoms with Gasteiger partial charge < -0.3 is 0 Å². The maximum atomic E-state index is 3.88. The molecule has 2 atom stereocenters. The SMILES string of the molecule is C=CCN1C[C@H]2CC=CC[C@@]2(c2ccccc2)C1. The van der Waals surface area contributed by atoms with Gasteiger partial charge in [-0.2, -0.15) is 0 Å². The van der Waals surface area contributed by atoms with Crippen LogP contribution in [-0.2, 0) is 5.41 Å². The van der Waals surface area contributed by atoms with E-state index in [0.717, 1.165) is 12.5 Å². The fourth-order valence-electron chi connectivity index (χ4n) is 3.70. The smallest absolute Gasteiger partial charge is 0.0161 e. The van der Waals surface area contributed by atoms with Gasteiger partial charge in [0.15, 0.2) is 0 Å². The number of fused-ring (bicyclic) bond motifs is 1. The first kappa shape index (κ1) is 11.7. The second-order valence-corrected chi connectivity index (χ2v) is 5.61. The molecular weight excluding hydrogens is 218 g/mol. The van der Waals surface area contributed by atoms with E-state index < -0.39 is 0 Å². The molecule has 1 heterocycles. The molecule has 0 aromatic heterocycles. The third-order valence-electron chi connectivity index (χ3n) is 4.57. The van der Waals surface area contributed by atoms with Gasteiger partial charge in [-0.25, -0.2) is 0 Å². The van der Waals surface area contributed by atoms with Crippen LogP contribution < -0.4 is 0 Å². The fraction of sp³-hybridized carbons (Fsp3) is 0.412. The quantitative estimate of drug-likeness (QED) is 0.731. The van der Waals surface area contributed by atoms with Crippen molar-refractivity contribution in [3.05, 3.63) is 60.7 Å². The summed E-state index contributed by atoms with van der Waals surface area (Å²) in [6.45, 7) is 7.29. The Hall–Kier alpha value is -1.34. The lowest BCUT2D eigenvalue weighted by molar-refractivity contribution is 0.323. The van der Waals surface area contributed by atoms with E-state index in [0.29, 0.717) is 5.41 Å². The summed E-state index contributed by atoms with van der Waals surface area (Å²) >= 11 is 0. The molecule has 0 unspecified atom stereocenters. The third-order valence-corrected chi connectivity index (χ3v) is 4.57. The molecule has 0 amide bonds. The zero-order valence-electron chi connectivity index (χ0n) is 10.9. The summed E-state index contributed by atoms with van der Waals surface area (Å²) in [4.78, 5) is 2.55. The van der Waals surface area contributed by atoms with Gasteiger partial charge in [0.25, 0.3) is 0 Å². The van der Waals surface area contributed by atoms with Crippen molar-refractivity contribution in [3.63, 3.8) is 0 Å². The van der Waals surface area contributed by atoms with E-state index in [4.69, 9.17) is 0 Å². The van der Waals surface area contributed by atoms with Crippen molar-refractivity contribution in [1.29, 1.82) is 0 Å². The Morgan fingerprint density at radius 3 is 2.89 bits per heavy atom. The first-order valence-electron chi connectivity index (χ1n) is 6.89.